The van der Waals surface area contributed by atoms with Gasteiger partial charge in [0.25, 0.3) is 9.05 Å². The lowest BCUT2D eigenvalue weighted by molar-refractivity contribution is 0.245. The van der Waals surface area contributed by atoms with Crippen LogP contribution >= 0.6 is 10.7 Å². The van der Waals surface area contributed by atoms with Gasteiger partial charge in [0, 0.05) is 16.2 Å². The van der Waals surface area contributed by atoms with Crippen molar-refractivity contribution >= 4 is 19.7 Å². The molecule has 0 bridgehead atoms. The summed E-state index contributed by atoms with van der Waals surface area (Å²) >= 11 is 0. The number of hydrogen-bond acceptors (Lipinski definition) is 4. The molecule has 0 heterocycles. The van der Waals surface area contributed by atoms with E-state index in [0.29, 0.717) is 23.3 Å². The van der Waals surface area contributed by atoms with Crippen molar-refractivity contribution in [1.29, 1.82) is 5.26 Å². The maximum Gasteiger partial charge on any atom is 0.261 e. The van der Waals surface area contributed by atoms with Gasteiger partial charge in [-0.1, -0.05) is 27.7 Å². The van der Waals surface area contributed by atoms with E-state index in [0.717, 1.165) is 0 Å². The van der Waals surface area contributed by atoms with Crippen molar-refractivity contribution in [2.24, 2.45) is 0 Å². The minimum atomic E-state index is -3.82. The highest BCUT2D eigenvalue weighted by Crippen LogP contribution is 2.36. The summed E-state index contributed by atoms with van der Waals surface area (Å²) in [5.74, 6) is 0.525. The Morgan fingerprint density at radius 3 is 2.33 bits per heavy atom. The first-order chi connectivity index (χ1) is 9.50. The third-order valence-corrected chi connectivity index (χ3v) is 4.60. The van der Waals surface area contributed by atoms with E-state index in [1.54, 1.807) is 13.0 Å². The van der Waals surface area contributed by atoms with Crippen LogP contribution in [-0.4, -0.2) is 14.5 Å². The van der Waals surface area contributed by atoms with Crippen LogP contribution in [0.1, 0.15) is 45.2 Å². The summed E-state index contributed by atoms with van der Waals surface area (Å²) in [6.45, 7) is 9.35. The van der Waals surface area contributed by atoms with Gasteiger partial charge in [0.1, 0.15) is 11.8 Å². The second kappa shape index (κ2) is 6.25. The van der Waals surface area contributed by atoms with Gasteiger partial charge in [0.05, 0.1) is 4.90 Å². The van der Waals surface area contributed by atoms with E-state index in [9.17, 15) is 8.42 Å². The van der Waals surface area contributed by atoms with E-state index in [4.69, 9.17) is 20.7 Å². The number of nitrogens with zero attached hydrogens (tertiary/aromatic N) is 1. The maximum atomic E-state index is 11.7. The first-order valence-electron chi connectivity index (χ1n) is 6.66. The molecule has 1 rings (SSSR count). The van der Waals surface area contributed by atoms with Gasteiger partial charge >= 0.3 is 0 Å². The molecule has 0 aliphatic carbocycles. The molecular weight excluding hydrogens is 310 g/mol. The Labute approximate surface area is 131 Å². The third kappa shape index (κ3) is 4.36. The zero-order chi connectivity index (χ0) is 16.4. The van der Waals surface area contributed by atoms with Crippen LogP contribution in [0.25, 0.3) is 0 Å². The smallest absolute Gasteiger partial charge is 0.261 e. The molecule has 4 nitrogen and oxygen atoms in total. The lowest BCUT2D eigenvalue weighted by Crippen LogP contribution is -2.19. The van der Waals surface area contributed by atoms with Gasteiger partial charge in [-0.2, -0.15) is 5.26 Å². The fourth-order valence-electron chi connectivity index (χ4n) is 1.96. The molecule has 0 fully saturated rings. The van der Waals surface area contributed by atoms with Crippen molar-refractivity contribution in [1.82, 2.24) is 0 Å². The first kappa shape index (κ1) is 17.8. The van der Waals surface area contributed by atoms with Gasteiger partial charge in [-0.15, -0.1) is 0 Å². The van der Waals surface area contributed by atoms with Gasteiger partial charge in [0.15, 0.2) is 6.10 Å². The Balaban J connectivity index is 3.52. The van der Waals surface area contributed by atoms with E-state index in [1.807, 2.05) is 27.7 Å². The fourth-order valence-corrected chi connectivity index (χ4v) is 3.16. The zero-order valence-corrected chi connectivity index (χ0v) is 14.5. The number of hydrogen-bond donors (Lipinski definition) is 0. The van der Waals surface area contributed by atoms with Gasteiger partial charge < -0.3 is 4.74 Å². The molecule has 0 saturated heterocycles. The molecule has 21 heavy (non-hydrogen) atoms. The number of aryl methyl sites for hydroxylation is 1. The summed E-state index contributed by atoms with van der Waals surface area (Å²) in [6, 6.07) is 5.25. The van der Waals surface area contributed by atoms with Crippen LogP contribution in [-0.2, 0) is 14.5 Å². The van der Waals surface area contributed by atoms with Crippen LogP contribution in [0, 0.1) is 18.3 Å². The van der Waals surface area contributed by atoms with Crippen molar-refractivity contribution in [3.05, 3.63) is 23.3 Å². The average molecular weight is 330 g/mol. The third-order valence-electron chi connectivity index (χ3n) is 3.13. The molecule has 0 aliphatic rings. The van der Waals surface area contributed by atoms with Crippen molar-refractivity contribution in [3.63, 3.8) is 0 Å². The van der Waals surface area contributed by atoms with Crippen molar-refractivity contribution < 1.29 is 13.2 Å². The Hall–Kier alpha value is -1.25. The normalized spacial score (nSPS) is 13.6. The summed E-state index contributed by atoms with van der Waals surface area (Å²) < 4.78 is 29.0. The minimum Gasteiger partial charge on any atom is -0.475 e. The molecule has 1 aromatic carbocycles. The SMILES string of the molecule is CCC(C#N)Oc1cc(C)c(S(=O)(=O)Cl)cc1C(C)(C)C. The van der Waals surface area contributed by atoms with Crippen LogP contribution in [0.3, 0.4) is 0 Å². The molecular formula is C15H20ClNO3S. The lowest BCUT2D eigenvalue weighted by atomic mass is 9.86. The molecule has 1 unspecified atom stereocenters. The molecule has 0 radical (unpaired) electrons. The quantitative estimate of drug-likeness (QED) is 0.786. The van der Waals surface area contributed by atoms with Crippen molar-refractivity contribution in [3.8, 4) is 11.8 Å². The predicted octanol–water partition coefficient (Wildman–Crippen LogP) is 3.90. The second-order valence-corrected chi connectivity index (χ2v) is 8.48. The molecule has 0 amide bonds. The number of ether oxygens (including phenoxy) is 1. The molecule has 6 heteroatoms. The van der Waals surface area contributed by atoms with Crippen LogP contribution in [0.5, 0.6) is 5.75 Å². The van der Waals surface area contributed by atoms with Gasteiger partial charge in [-0.25, -0.2) is 8.42 Å². The summed E-state index contributed by atoms with van der Waals surface area (Å²) in [6.07, 6.45) is -0.0155. The van der Waals surface area contributed by atoms with Gasteiger partial charge in [0.2, 0.25) is 0 Å². The topological polar surface area (TPSA) is 67.2 Å². The van der Waals surface area contributed by atoms with Crippen LogP contribution in [0.2, 0.25) is 0 Å². The standard InChI is InChI=1S/C15H20ClNO3S/c1-6-11(9-17)20-13-7-10(2)14(21(16,18)19)8-12(13)15(3,4)5/h7-8,11H,6H2,1-5H3. The van der Waals surface area contributed by atoms with Crippen molar-refractivity contribution in [2.45, 2.75) is 57.5 Å². The number of halogens is 1. The second-order valence-electron chi connectivity index (χ2n) is 5.95. The van der Waals surface area contributed by atoms with Crippen LogP contribution < -0.4 is 4.74 Å². The van der Waals surface area contributed by atoms with E-state index in [1.165, 1.54) is 6.07 Å². The molecule has 0 aliphatic heterocycles. The summed E-state index contributed by atoms with van der Waals surface area (Å²) in [7, 11) is 1.66. The van der Waals surface area contributed by atoms with Gasteiger partial charge in [-0.3, -0.25) is 0 Å². The molecule has 1 aromatic rings. The zero-order valence-electron chi connectivity index (χ0n) is 12.9. The molecule has 0 spiro atoms. The Bertz CT molecular complexity index is 669. The maximum absolute atomic E-state index is 11.7. The number of rotatable bonds is 4. The molecule has 0 aromatic heterocycles. The van der Waals surface area contributed by atoms with E-state index < -0.39 is 15.2 Å². The highest BCUT2D eigenvalue weighted by molar-refractivity contribution is 8.13. The Kier molecular flexibility index (Phi) is 5.30. The Morgan fingerprint density at radius 2 is 1.95 bits per heavy atom. The monoisotopic (exact) mass is 329 g/mol. The summed E-state index contributed by atoms with van der Waals surface area (Å²) in [4.78, 5) is 0.0754. The highest BCUT2D eigenvalue weighted by Gasteiger charge is 2.25. The first-order valence-corrected chi connectivity index (χ1v) is 8.97. The lowest BCUT2D eigenvalue weighted by Gasteiger charge is -2.25. The number of nitriles is 1. The molecule has 116 valence electrons. The van der Waals surface area contributed by atoms with Crippen LogP contribution in [0.4, 0.5) is 0 Å². The summed E-state index contributed by atoms with van der Waals surface area (Å²) in [5, 5.41) is 9.04. The molecule has 0 N–H and O–H groups in total. The summed E-state index contributed by atoms with van der Waals surface area (Å²) in [5.41, 5.74) is 0.870. The molecule has 1 atom stereocenters. The average Bonchev–Trinajstić information content (AvgIpc) is 2.32. The Morgan fingerprint density at radius 1 is 1.38 bits per heavy atom. The van der Waals surface area contributed by atoms with E-state index >= 15 is 0 Å². The number of benzene rings is 1. The van der Waals surface area contributed by atoms with E-state index in [-0.39, 0.29) is 10.3 Å². The van der Waals surface area contributed by atoms with Crippen molar-refractivity contribution in [2.75, 3.05) is 0 Å². The van der Waals surface area contributed by atoms with Crippen LogP contribution in [0.15, 0.2) is 17.0 Å². The van der Waals surface area contributed by atoms with E-state index in [2.05, 4.69) is 6.07 Å². The molecule has 0 saturated carbocycles. The fraction of sp³-hybridized carbons (Fsp3) is 0.533. The largest absolute Gasteiger partial charge is 0.475 e. The minimum absolute atomic E-state index is 0.0754. The predicted molar refractivity (Wildman–Crippen MR) is 83.2 cm³/mol. The van der Waals surface area contributed by atoms with Gasteiger partial charge in [-0.05, 0) is 36.5 Å². The highest BCUT2D eigenvalue weighted by atomic mass is 35.7.